The molecular formula is C24H22ClO3P. The van der Waals surface area contributed by atoms with E-state index >= 15 is 0 Å². The molecule has 0 bridgehead atoms. The lowest BCUT2D eigenvalue weighted by molar-refractivity contribution is 0.103. The molecule has 3 aromatic rings. The first-order chi connectivity index (χ1) is 13.7. The molecule has 0 heterocycles. The van der Waals surface area contributed by atoms with Gasteiger partial charge in [-0.3, -0.25) is 9.59 Å². The van der Waals surface area contributed by atoms with Gasteiger partial charge in [0, 0.05) is 22.0 Å². The lowest BCUT2D eigenvalue weighted by Crippen LogP contribution is -2.18. The van der Waals surface area contributed by atoms with E-state index in [9.17, 15) is 14.2 Å². The van der Waals surface area contributed by atoms with Gasteiger partial charge in [0.25, 0.3) is 0 Å². The largest absolute Gasteiger partial charge is 0.313 e. The SMILES string of the molecule is Cc1cccc(Cl)c1C(=O)[PH](=O)c1c(C)cc(C)c(C(=O)c2ccccc2)c1C. The summed E-state index contributed by atoms with van der Waals surface area (Å²) in [7, 11) is -2.88. The van der Waals surface area contributed by atoms with Gasteiger partial charge >= 0.3 is 0 Å². The van der Waals surface area contributed by atoms with Crippen molar-refractivity contribution in [3.63, 3.8) is 0 Å². The molecule has 5 heteroatoms. The molecule has 3 aromatic carbocycles. The van der Waals surface area contributed by atoms with Gasteiger partial charge in [-0.2, -0.15) is 0 Å². The molecule has 148 valence electrons. The Morgan fingerprint density at radius 2 is 1.45 bits per heavy atom. The highest BCUT2D eigenvalue weighted by molar-refractivity contribution is 7.71. The minimum Gasteiger partial charge on any atom is -0.313 e. The topological polar surface area (TPSA) is 51.2 Å². The minimum absolute atomic E-state index is 0.141. The van der Waals surface area contributed by atoms with Crippen LogP contribution in [0.4, 0.5) is 0 Å². The summed E-state index contributed by atoms with van der Waals surface area (Å²) in [5, 5.41) is 0.737. The Morgan fingerprint density at radius 3 is 2.07 bits per heavy atom. The second kappa shape index (κ2) is 8.49. The van der Waals surface area contributed by atoms with Gasteiger partial charge in [-0.25, -0.2) is 0 Å². The maximum atomic E-state index is 13.4. The van der Waals surface area contributed by atoms with Crippen molar-refractivity contribution in [1.82, 2.24) is 0 Å². The van der Waals surface area contributed by atoms with Crippen molar-refractivity contribution in [3.05, 3.63) is 98.6 Å². The lowest BCUT2D eigenvalue weighted by Gasteiger charge is -2.17. The minimum atomic E-state index is -2.88. The fraction of sp³-hybridized carbons (Fsp3) is 0.167. The Morgan fingerprint density at radius 1 is 0.793 bits per heavy atom. The molecule has 0 saturated carbocycles. The second-order valence-corrected chi connectivity index (χ2v) is 9.19. The number of aryl methyl sites for hydroxylation is 3. The number of ketones is 1. The summed E-state index contributed by atoms with van der Waals surface area (Å²) >= 11 is 6.22. The van der Waals surface area contributed by atoms with Crippen molar-refractivity contribution < 1.29 is 14.2 Å². The normalized spacial score (nSPS) is 11.9. The van der Waals surface area contributed by atoms with Crippen LogP contribution < -0.4 is 5.30 Å². The molecule has 0 amide bonds. The molecule has 0 aliphatic heterocycles. The fourth-order valence-corrected chi connectivity index (χ4v) is 5.83. The number of hydrogen-bond acceptors (Lipinski definition) is 3. The smallest absolute Gasteiger partial charge is 0.224 e. The summed E-state index contributed by atoms with van der Waals surface area (Å²) in [6, 6.07) is 15.9. The van der Waals surface area contributed by atoms with E-state index in [1.165, 1.54) is 0 Å². The number of hydrogen-bond donors (Lipinski definition) is 0. The summed E-state index contributed by atoms with van der Waals surface area (Å²) in [4.78, 5) is 26.2. The van der Waals surface area contributed by atoms with Crippen molar-refractivity contribution in [3.8, 4) is 0 Å². The van der Waals surface area contributed by atoms with Crippen LogP contribution in [0, 0.1) is 27.7 Å². The van der Waals surface area contributed by atoms with E-state index < -0.39 is 13.3 Å². The van der Waals surface area contributed by atoms with Gasteiger partial charge in [-0.1, -0.05) is 60.1 Å². The van der Waals surface area contributed by atoms with Crippen LogP contribution in [0.25, 0.3) is 0 Å². The number of rotatable bonds is 5. The van der Waals surface area contributed by atoms with Crippen molar-refractivity contribution >= 4 is 36.0 Å². The molecule has 0 aliphatic carbocycles. The molecule has 0 aromatic heterocycles. The monoisotopic (exact) mass is 424 g/mol. The van der Waals surface area contributed by atoms with Crippen LogP contribution in [-0.2, 0) is 4.57 Å². The summed E-state index contributed by atoms with van der Waals surface area (Å²) in [5.74, 6) is -0.141. The zero-order valence-electron chi connectivity index (χ0n) is 16.8. The third kappa shape index (κ3) is 3.99. The van der Waals surface area contributed by atoms with Crippen LogP contribution in [0.15, 0.2) is 54.6 Å². The van der Waals surface area contributed by atoms with E-state index in [0.717, 1.165) is 11.1 Å². The number of halogens is 1. The molecule has 0 N–H and O–H groups in total. The van der Waals surface area contributed by atoms with Crippen LogP contribution in [0.2, 0.25) is 5.02 Å². The van der Waals surface area contributed by atoms with E-state index in [1.54, 1.807) is 56.3 Å². The number of benzene rings is 3. The van der Waals surface area contributed by atoms with Gasteiger partial charge in [0.2, 0.25) is 5.52 Å². The molecule has 3 rings (SSSR count). The van der Waals surface area contributed by atoms with Crippen LogP contribution in [0.1, 0.15) is 48.5 Å². The summed E-state index contributed by atoms with van der Waals surface area (Å²) < 4.78 is 13.4. The quantitative estimate of drug-likeness (QED) is 0.382. The van der Waals surface area contributed by atoms with Gasteiger partial charge in [0.15, 0.2) is 13.6 Å². The van der Waals surface area contributed by atoms with E-state index in [2.05, 4.69) is 0 Å². The van der Waals surface area contributed by atoms with Gasteiger partial charge in [-0.15, -0.1) is 0 Å². The van der Waals surface area contributed by atoms with Crippen LogP contribution >= 0.6 is 19.4 Å². The van der Waals surface area contributed by atoms with Gasteiger partial charge < -0.3 is 4.57 Å². The van der Waals surface area contributed by atoms with Crippen molar-refractivity contribution in [1.29, 1.82) is 0 Å². The Hall–Kier alpha value is -2.48. The molecular weight excluding hydrogens is 403 g/mol. The summed E-state index contributed by atoms with van der Waals surface area (Å²) in [5.41, 5.74) is 3.68. The summed E-state index contributed by atoms with van der Waals surface area (Å²) in [6.45, 7) is 7.22. The second-order valence-electron chi connectivity index (χ2n) is 7.17. The molecule has 29 heavy (non-hydrogen) atoms. The Bertz CT molecular complexity index is 1130. The molecule has 0 radical (unpaired) electrons. The predicted molar refractivity (Wildman–Crippen MR) is 120 cm³/mol. The molecule has 0 aliphatic rings. The zero-order chi connectivity index (χ0) is 21.3. The zero-order valence-corrected chi connectivity index (χ0v) is 18.6. The predicted octanol–water partition coefficient (Wildman–Crippen LogP) is 5.83. The average molecular weight is 425 g/mol. The third-order valence-electron chi connectivity index (χ3n) is 5.12. The van der Waals surface area contributed by atoms with Crippen molar-refractivity contribution in [2.45, 2.75) is 27.7 Å². The maximum absolute atomic E-state index is 13.4. The molecule has 0 fully saturated rings. The first kappa shape index (κ1) is 21.2. The fourth-order valence-electron chi connectivity index (χ4n) is 3.76. The molecule has 0 saturated heterocycles. The first-order valence-electron chi connectivity index (χ1n) is 9.28. The van der Waals surface area contributed by atoms with Crippen LogP contribution in [0.3, 0.4) is 0 Å². The van der Waals surface area contributed by atoms with E-state index in [4.69, 9.17) is 11.6 Å². The summed E-state index contributed by atoms with van der Waals surface area (Å²) in [6.07, 6.45) is 0. The lowest BCUT2D eigenvalue weighted by atomic mass is 9.93. The molecule has 0 spiro atoms. The average Bonchev–Trinajstić information content (AvgIpc) is 2.67. The van der Waals surface area contributed by atoms with Gasteiger partial charge in [0.05, 0.1) is 5.02 Å². The first-order valence-corrected chi connectivity index (χ1v) is 11.1. The van der Waals surface area contributed by atoms with E-state index in [1.807, 2.05) is 26.0 Å². The standard InChI is InChI=1S/C24H22ClO3P/c1-14-9-8-12-19(25)21(14)24(27)29(28)23-16(3)13-15(2)20(17(23)4)22(26)18-10-6-5-7-11-18/h5-13,29H,1-4H3. The maximum Gasteiger partial charge on any atom is 0.224 e. The highest BCUT2D eigenvalue weighted by Crippen LogP contribution is 2.35. The van der Waals surface area contributed by atoms with E-state index in [0.29, 0.717) is 27.6 Å². The Balaban J connectivity index is 2.14. The van der Waals surface area contributed by atoms with Gasteiger partial charge in [0.1, 0.15) is 0 Å². The number of carbonyl (C=O) groups excluding carboxylic acids is 2. The molecule has 1 unspecified atom stereocenters. The van der Waals surface area contributed by atoms with Crippen molar-refractivity contribution in [2.24, 2.45) is 0 Å². The molecule has 3 nitrogen and oxygen atoms in total. The molecule has 1 atom stereocenters. The Labute approximate surface area is 176 Å². The van der Waals surface area contributed by atoms with Crippen LogP contribution in [-0.4, -0.2) is 11.3 Å². The van der Waals surface area contributed by atoms with Crippen molar-refractivity contribution in [2.75, 3.05) is 0 Å². The Kier molecular flexibility index (Phi) is 6.21. The van der Waals surface area contributed by atoms with Crippen LogP contribution in [0.5, 0.6) is 0 Å². The highest BCUT2D eigenvalue weighted by Gasteiger charge is 2.27. The highest BCUT2D eigenvalue weighted by atomic mass is 35.5. The van der Waals surface area contributed by atoms with Gasteiger partial charge in [-0.05, 0) is 56.0 Å². The number of carbonyl (C=O) groups is 2. The van der Waals surface area contributed by atoms with E-state index in [-0.39, 0.29) is 16.4 Å². The third-order valence-corrected chi connectivity index (χ3v) is 7.32.